The molecule has 0 N–H and O–H groups in total. The van der Waals surface area contributed by atoms with Crippen LogP contribution in [0.2, 0.25) is 0 Å². The summed E-state index contributed by atoms with van der Waals surface area (Å²) in [5, 5.41) is 0.150. The summed E-state index contributed by atoms with van der Waals surface area (Å²) in [5.41, 5.74) is 1.68. The average molecular weight is 398 g/mol. The third-order valence-electron chi connectivity index (χ3n) is 4.20. The van der Waals surface area contributed by atoms with E-state index in [1.807, 2.05) is 19.9 Å². The molecule has 2 heterocycles. The third-order valence-corrected chi connectivity index (χ3v) is 5.28. The molecule has 0 unspecified atom stereocenters. The number of methoxy groups -OCH3 is 2. The summed E-state index contributed by atoms with van der Waals surface area (Å²) in [7, 11) is 3.09. The van der Waals surface area contributed by atoms with Gasteiger partial charge in [0.25, 0.3) is 11.8 Å². The maximum atomic E-state index is 13.2. The minimum Gasteiger partial charge on any atom is -0.493 e. The smallest absolute Gasteiger partial charge is 0.268 e. The van der Waals surface area contributed by atoms with Crippen LogP contribution in [0.5, 0.6) is 11.5 Å². The monoisotopic (exact) mass is 398 g/mol. The Morgan fingerprint density at radius 1 is 1.04 bits per heavy atom. The standard InChI is InChI=1S/C21H22N2O4S/c1-13(2)28-19-18(14-8-9-16(26-3)17(11-14)27-4)20(24)23(21(19)25)12-15-7-5-6-10-22-15/h5-11,13H,12H2,1-4H3. The fourth-order valence-corrected chi connectivity index (χ4v) is 3.95. The first-order valence-corrected chi connectivity index (χ1v) is 9.73. The van der Waals surface area contributed by atoms with E-state index in [2.05, 4.69) is 4.98 Å². The van der Waals surface area contributed by atoms with Crippen LogP contribution < -0.4 is 9.47 Å². The van der Waals surface area contributed by atoms with Gasteiger partial charge >= 0.3 is 0 Å². The van der Waals surface area contributed by atoms with E-state index in [1.54, 1.807) is 43.6 Å². The molecule has 1 aromatic carbocycles. The number of ether oxygens (including phenoxy) is 2. The molecule has 7 heteroatoms. The molecule has 1 aromatic heterocycles. The Hall–Kier alpha value is -2.80. The van der Waals surface area contributed by atoms with Gasteiger partial charge in [-0.1, -0.05) is 26.0 Å². The Bertz CT molecular complexity index is 925. The van der Waals surface area contributed by atoms with E-state index in [9.17, 15) is 9.59 Å². The molecule has 0 bridgehead atoms. The number of imide groups is 1. The van der Waals surface area contributed by atoms with Crippen LogP contribution in [-0.4, -0.2) is 41.2 Å². The van der Waals surface area contributed by atoms with E-state index in [4.69, 9.17) is 9.47 Å². The van der Waals surface area contributed by atoms with Crippen molar-refractivity contribution >= 4 is 29.1 Å². The van der Waals surface area contributed by atoms with Crippen LogP contribution in [0.25, 0.3) is 5.57 Å². The molecule has 0 saturated carbocycles. The number of pyridine rings is 1. The number of rotatable bonds is 7. The summed E-state index contributed by atoms with van der Waals surface area (Å²) in [6.45, 7) is 4.11. The second-order valence-corrected chi connectivity index (χ2v) is 8.04. The number of thioether (sulfide) groups is 1. The van der Waals surface area contributed by atoms with Crippen LogP contribution >= 0.6 is 11.8 Å². The minimum absolute atomic E-state index is 0.136. The lowest BCUT2D eigenvalue weighted by Crippen LogP contribution is -2.31. The lowest BCUT2D eigenvalue weighted by atomic mass is 10.1. The molecule has 6 nitrogen and oxygen atoms in total. The van der Waals surface area contributed by atoms with Gasteiger partial charge in [0.15, 0.2) is 11.5 Å². The number of amides is 2. The van der Waals surface area contributed by atoms with Gasteiger partial charge in [-0.15, -0.1) is 11.8 Å². The fourth-order valence-electron chi connectivity index (χ4n) is 2.94. The zero-order valence-corrected chi connectivity index (χ0v) is 17.1. The van der Waals surface area contributed by atoms with Gasteiger partial charge in [0.05, 0.1) is 36.9 Å². The van der Waals surface area contributed by atoms with Crippen molar-refractivity contribution in [2.45, 2.75) is 25.6 Å². The molecule has 0 aliphatic carbocycles. The Labute approximate surface area is 168 Å². The van der Waals surface area contributed by atoms with Gasteiger partial charge < -0.3 is 9.47 Å². The van der Waals surface area contributed by atoms with Gasteiger partial charge in [-0.3, -0.25) is 19.5 Å². The average Bonchev–Trinajstić information content (AvgIpc) is 2.92. The van der Waals surface area contributed by atoms with Crippen molar-refractivity contribution in [3.8, 4) is 11.5 Å². The Kier molecular flexibility index (Phi) is 6.04. The highest BCUT2D eigenvalue weighted by atomic mass is 32.2. The summed E-state index contributed by atoms with van der Waals surface area (Å²) in [6, 6.07) is 10.7. The molecule has 0 atom stereocenters. The van der Waals surface area contributed by atoms with Crippen LogP contribution in [0.1, 0.15) is 25.1 Å². The zero-order valence-electron chi connectivity index (χ0n) is 16.3. The van der Waals surface area contributed by atoms with E-state index >= 15 is 0 Å². The van der Waals surface area contributed by atoms with Crippen molar-refractivity contribution in [1.82, 2.24) is 9.88 Å². The molecular formula is C21H22N2O4S. The predicted molar refractivity (Wildman–Crippen MR) is 109 cm³/mol. The number of benzene rings is 1. The predicted octanol–water partition coefficient (Wildman–Crippen LogP) is 3.52. The number of carbonyl (C=O) groups is 2. The minimum atomic E-state index is -0.328. The maximum absolute atomic E-state index is 13.2. The van der Waals surface area contributed by atoms with Gasteiger partial charge in [-0.05, 0) is 29.8 Å². The quantitative estimate of drug-likeness (QED) is 0.665. The van der Waals surface area contributed by atoms with Crippen LogP contribution in [0, 0.1) is 0 Å². The molecule has 1 aliphatic rings. The second kappa shape index (κ2) is 8.48. The number of nitrogens with zero attached hydrogens (tertiary/aromatic N) is 2. The van der Waals surface area contributed by atoms with Gasteiger partial charge in [0.2, 0.25) is 0 Å². The molecule has 3 rings (SSSR count). The number of aromatic nitrogens is 1. The molecule has 146 valence electrons. The molecule has 0 fully saturated rings. The van der Waals surface area contributed by atoms with E-state index < -0.39 is 0 Å². The van der Waals surface area contributed by atoms with Crippen molar-refractivity contribution in [2.24, 2.45) is 0 Å². The third kappa shape index (κ3) is 3.89. The highest BCUT2D eigenvalue weighted by Crippen LogP contribution is 2.40. The number of carbonyl (C=O) groups excluding carboxylic acids is 2. The highest BCUT2D eigenvalue weighted by Gasteiger charge is 2.40. The lowest BCUT2D eigenvalue weighted by molar-refractivity contribution is -0.137. The summed E-state index contributed by atoms with van der Waals surface area (Å²) < 4.78 is 10.6. The van der Waals surface area contributed by atoms with Crippen LogP contribution in [0.4, 0.5) is 0 Å². The van der Waals surface area contributed by atoms with Gasteiger partial charge in [-0.2, -0.15) is 0 Å². The van der Waals surface area contributed by atoms with E-state index in [0.29, 0.717) is 33.2 Å². The van der Waals surface area contributed by atoms with Crippen LogP contribution in [0.15, 0.2) is 47.5 Å². The molecule has 0 saturated heterocycles. The Morgan fingerprint density at radius 2 is 1.79 bits per heavy atom. The fraction of sp³-hybridized carbons (Fsp3) is 0.286. The van der Waals surface area contributed by atoms with E-state index in [-0.39, 0.29) is 23.6 Å². The molecule has 0 radical (unpaired) electrons. The van der Waals surface area contributed by atoms with Crippen LogP contribution in [-0.2, 0) is 16.1 Å². The van der Waals surface area contributed by atoms with Gasteiger partial charge in [-0.25, -0.2) is 0 Å². The molecular weight excluding hydrogens is 376 g/mol. The first-order valence-electron chi connectivity index (χ1n) is 8.85. The van der Waals surface area contributed by atoms with Gasteiger partial charge in [0.1, 0.15) is 0 Å². The topological polar surface area (TPSA) is 68.7 Å². The zero-order chi connectivity index (χ0) is 20.3. The first-order chi connectivity index (χ1) is 13.5. The SMILES string of the molecule is COc1ccc(C2=C(SC(C)C)C(=O)N(Cc3ccccn3)C2=O)cc1OC. The largest absolute Gasteiger partial charge is 0.493 e. The molecule has 1 aliphatic heterocycles. The Morgan fingerprint density at radius 3 is 2.39 bits per heavy atom. The van der Waals surface area contributed by atoms with Crippen molar-refractivity contribution in [2.75, 3.05) is 14.2 Å². The first kappa shape index (κ1) is 19.9. The van der Waals surface area contributed by atoms with Crippen LogP contribution in [0.3, 0.4) is 0 Å². The maximum Gasteiger partial charge on any atom is 0.268 e. The molecule has 0 spiro atoms. The lowest BCUT2D eigenvalue weighted by Gasteiger charge is -2.15. The molecule has 2 amide bonds. The summed E-state index contributed by atoms with van der Waals surface area (Å²) in [5.74, 6) is 0.446. The van der Waals surface area contributed by atoms with Crippen molar-refractivity contribution in [3.05, 3.63) is 58.8 Å². The van der Waals surface area contributed by atoms with Crippen molar-refractivity contribution in [1.29, 1.82) is 0 Å². The van der Waals surface area contributed by atoms with E-state index in [1.165, 1.54) is 23.8 Å². The summed E-state index contributed by atoms with van der Waals surface area (Å²) >= 11 is 1.39. The molecule has 28 heavy (non-hydrogen) atoms. The summed E-state index contributed by atoms with van der Waals surface area (Å²) in [6.07, 6.45) is 1.65. The van der Waals surface area contributed by atoms with Crippen molar-refractivity contribution in [3.63, 3.8) is 0 Å². The Balaban J connectivity index is 2.03. The number of hydrogen-bond donors (Lipinski definition) is 0. The number of hydrogen-bond acceptors (Lipinski definition) is 6. The summed E-state index contributed by atoms with van der Waals surface area (Å²) in [4.78, 5) is 32.2. The van der Waals surface area contributed by atoms with Crippen molar-refractivity contribution < 1.29 is 19.1 Å². The van der Waals surface area contributed by atoms with Gasteiger partial charge in [0, 0.05) is 11.4 Å². The molecule has 2 aromatic rings. The second-order valence-electron chi connectivity index (χ2n) is 6.46. The highest BCUT2D eigenvalue weighted by molar-refractivity contribution is 8.04. The normalized spacial score (nSPS) is 14.2. The van der Waals surface area contributed by atoms with E-state index in [0.717, 1.165) is 0 Å².